The Kier molecular flexibility index (Phi) is 4.08. The maximum absolute atomic E-state index is 11.4. The van der Waals surface area contributed by atoms with Crippen molar-refractivity contribution in [3.8, 4) is 0 Å². The smallest absolute Gasteiger partial charge is 0.221 e. The summed E-state index contributed by atoms with van der Waals surface area (Å²) < 4.78 is 0. The molecule has 5 heteroatoms. The molecule has 1 aromatic heterocycles. The van der Waals surface area contributed by atoms with Crippen LogP contribution in [0.1, 0.15) is 12.1 Å². The van der Waals surface area contributed by atoms with E-state index in [1.165, 1.54) is 0 Å². The molecule has 0 unspecified atom stereocenters. The highest BCUT2D eigenvalue weighted by Crippen LogP contribution is 2.27. The molecule has 0 radical (unpaired) electrons. The van der Waals surface area contributed by atoms with Crippen molar-refractivity contribution in [3.05, 3.63) is 30.0 Å². The van der Waals surface area contributed by atoms with E-state index in [9.17, 15) is 4.79 Å². The second-order valence-corrected chi connectivity index (χ2v) is 4.90. The van der Waals surface area contributed by atoms with Gasteiger partial charge in [0.05, 0.1) is 5.52 Å². The monoisotopic (exact) mass is 272 g/mol. The molecule has 2 aromatic rings. The molecule has 0 atom stereocenters. The van der Waals surface area contributed by atoms with Crippen LogP contribution in [-0.4, -0.2) is 31.5 Å². The van der Waals surface area contributed by atoms with Crippen molar-refractivity contribution in [3.63, 3.8) is 0 Å². The number of hydrogen-bond donors (Lipinski definition) is 2. The normalized spacial score (nSPS) is 10.6. The summed E-state index contributed by atoms with van der Waals surface area (Å²) >= 11 is 0. The molecular weight excluding hydrogens is 252 g/mol. The minimum Gasteiger partial charge on any atom is -0.399 e. The summed E-state index contributed by atoms with van der Waals surface area (Å²) in [4.78, 5) is 17.9. The van der Waals surface area contributed by atoms with Gasteiger partial charge in [0.15, 0.2) is 0 Å². The molecule has 0 bridgehead atoms. The quantitative estimate of drug-likeness (QED) is 0.831. The number of nitrogens with one attached hydrogen (secondary N) is 1. The number of aromatic nitrogens is 1. The van der Waals surface area contributed by atoms with Crippen molar-refractivity contribution < 1.29 is 4.79 Å². The van der Waals surface area contributed by atoms with Crippen molar-refractivity contribution >= 4 is 28.2 Å². The van der Waals surface area contributed by atoms with Crippen molar-refractivity contribution in [1.82, 2.24) is 10.3 Å². The lowest BCUT2D eigenvalue weighted by Crippen LogP contribution is -2.26. The van der Waals surface area contributed by atoms with Crippen LogP contribution in [0.25, 0.3) is 10.9 Å². The summed E-state index contributed by atoms with van der Waals surface area (Å²) in [6.07, 6.45) is 0.457. The number of nitrogens with two attached hydrogens (primary N) is 1. The number of benzene rings is 1. The second-order valence-electron chi connectivity index (χ2n) is 4.90. The molecular formula is C15H20N4O. The highest BCUT2D eigenvalue weighted by molar-refractivity contribution is 5.94. The molecule has 106 valence electrons. The average molecular weight is 272 g/mol. The van der Waals surface area contributed by atoms with Crippen LogP contribution in [0.15, 0.2) is 24.3 Å². The Bertz CT molecular complexity index is 639. The van der Waals surface area contributed by atoms with E-state index >= 15 is 0 Å². The SMILES string of the molecule is CNC(=O)CCN(C)c1cc(C)nc2ccc(N)cc12. The van der Waals surface area contributed by atoms with Crippen molar-refractivity contribution in [2.75, 3.05) is 31.3 Å². The van der Waals surface area contributed by atoms with E-state index in [0.29, 0.717) is 18.7 Å². The van der Waals surface area contributed by atoms with Gasteiger partial charge in [0.1, 0.15) is 0 Å². The molecule has 1 amide bonds. The fourth-order valence-electron chi connectivity index (χ4n) is 2.18. The van der Waals surface area contributed by atoms with Gasteiger partial charge in [-0.15, -0.1) is 0 Å². The first kappa shape index (κ1) is 14.1. The number of pyridine rings is 1. The van der Waals surface area contributed by atoms with Gasteiger partial charge in [0, 0.05) is 49.5 Å². The van der Waals surface area contributed by atoms with Gasteiger partial charge < -0.3 is 16.0 Å². The summed E-state index contributed by atoms with van der Waals surface area (Å²) in [7, 11) is 3.62. The summed E-state index contributed by atoms with van der Waals surface area (Å²) in [6, 6.07) is 7.72. The van der Waals surface area contributed by atoms with E-state index in [1.807, 2.05) is 38.2 Å². The largest absolute Gasteiger partial charge is 0.399 e. The number of amides is 1. The molecule has 0 saturated heterocycles. The zero-order chi connectivity index (χ0) is 14.7. The Balaban J connectivity index is 2.36. The van der Waals surface area contributed by atoms with Crippen molar-refractivity contribution in [1.29, 1.82) is 0 Å². The number of aryl methyl sites for hydroxylation is 1. The number of anilines is 2. The zero-order valence-electron chi connectivity index (χ0n) is 12.1. The summed E-state index contributed by atoms with van der Waals surface area (Å²) in [5.41, 5.74) is 9.49. The van der Waals surface area contributed by atoms with Crippen molar-refractivity contribution in [2.24, 2.45) is 0 Å². The Hall–Kier alpha value is -2.30. The molecule has 0 saturated carbocycles. The summed E-state index contributed by atoms with van der Waals surface area (Å²) in [5, 5.41) is 3.64. The average Bonchev–Trinajstić information content (AvgIpc) is 2.43. The third-order valence-electron chi connectivity index (χ3n) is 3.30. The molecule has 20 heavy (non-hydrogen) atoms. The first-order valence-electron chi connectivity index (χ1n) is 6.60. The lowest BCUT2D eigenvalue weighted by molar-refractivity contribution is -0.120. The fourth-order valence-corrected chi connectivity index (χ4v) is 2.18. The number of nitrogen functional groups attached to an aromatic ring is 1. The summed E-state index contributed by atoms with van der Waals surface area (Å²) in [5.74, 6) is 0.0337. The van der Waals surface area contributed by atoms with Gasteiger partial charge in [-0.2, -0.15) is 0 Å². The van der Waals surface area contributed by atoms with Crippen LogP contribution in [0.5, 0.6) is 0 Å². The van der Waals surface area contributed by atoms with E-state index in [2.05, 4.69) is 15.2 Å². The van der Waals surface area contributed by atoms with Crippen LogP contribution in [0, 0.1) is 6.92 Å². The van der Waals surface area contributed by atoms with E-state index in [4.69, 9.17) is 5.73 Å². The van der Waals surface area contributed by atoms with Gasteiger partial charge in [-0.05, 0) is 31.2 Å². The number of rotatable bonds is 4. The first-order chi connectivity index (χ1) is 9.51. The maximum atomic E-state index is 11.4. The molecule has 3 N–H and O–H groups in total. The topological polar surface area (TPSA) is 71.2 Å². The number of hydrogen-bond acceptors (Lipinski definition) is 4. The van der Waals surface area contributed by atoms with Crippen LogP contribution in [0.3, 0.4) is 0 Å². The molecule has 1 heterocycles. The standard InChI is InChI=1S/C15H20N4O/c1-10-8-14(19(3)7-6-15(20)17-2)12-9-11(16)4-5-13(12)18-10/h4-5,8-9H,6-7,16H2,1-3H3,(H,17,20). The highest BCUT2D eigenvalue weighted by atomic mass is 16.1. The minimum atomic E-state index is 0.0337. The van der Waals surface area contributed by atoms with Gasteiger partial charge in [-0.25, -0.2) is 0 Å². The first-order valence-corrected chi connectivity index (χ1v) is 6.60. The van der Waals surface area contributed by atoms with E-state index in [0.717, 1.165) is 22.3 Å². The zero-order valence-corrected chi connectivity index (χ0v) is 12.1. The van der Waals surface area contributed by atoms with Crippen molar-refractivity contribution in [2.45, 2.75) is 13.3 Å². The predicted molar refractivity (Wildman–Crippen MR) is 82.8 cm³/mol. The predicted octanol–water partition coefficient (Wildman–Crippen LogP) is 1.70. The number of fused-ring (bicyclic) bond motifs is 1. The Morgan fingerprint density at radius 3 is 2.85 bits per heavy atom. The second kappa shape index (κ2) is 5.77. The number of carbonyl (C=O) groups excluding carboxylic acids is 1. The number of nitrogens with zero attached hydrogens (tertiary/aromatic N) is 2. The van der Waals surface area contributed by atoms with E-state index in [1.54, 1.807) is 7.05 Å². The maximum Gasteiger partial charge on any atom is 0.221 e. The third kappa shape index (κ3) is 2.99. The molecule has 0 spiro atoms. The molecule has 0 aliphatic rings. The molecule has 5 nitrogen and oxygen atoms in total. The molecule has 1 aromatic carbocycles. The van der Waals surface area contributed by atoms with Crippen LogP contribution in [-0.2, 0) is 4.79 Å². The molecule has 2 rings (SSSR count). The van der Waals surface area contributed by atoms with E-state index in [-0.39, 0.29) is 5.91 Å². The van der Waals surface area contributed by atoms with Gasteiger partial charge in [0.25, 0.3) is 0 Å². The summed E-state index contributed by atoms with van der Waals surface area (Å²) in [6.45, 7) is 2.61. The molecule has 0 aliphatic carbocycles. The van der Waals surface area contributed by atoms with Gasteiger partial charge in [0.2, 0.25) is 5.91 Å². The van der Waals surface area contributed by atoms with Gasteiger partial charge in [-0.1, -0.05) is 0 Å². The number of carbonyl (C=O) groups is 1. The highest BCUT2D eigenvalue weighted by Gasteiger charge is 2.10. The van der Waals surface area contributed by atoms with Crippen LogP contribution >= 0.6 is 0 Å². The third-order valence-corrected chi connectivity index (χ3v) is 3.30. The minimum absolute atomic E-state index is 0.0337. The van der Waals surface area contributed by atoms with Crippen LogP contribution in [0.2, 0.25) is 0 Å². The van der Waals surface area contributed by atoms with Crippen LogP contribution < -0.4 is 16.0 Å². The Labute approximate surface area is 118 Å². The van der Waals surface area contributed by atoms with E-state index < -0.39 is 0 Å². The Morgan fingerprint density at radius 2 is 2.15 bits per heavy atom. The van der Waals surface area contributed by atoms with Gasteiger partial charge in [-0.3, -0.25) is 9.78 Å². The van der Waals surface area contributed by atoms with Gasteiger partial charge >= 0.3 is 0 Å². The molecule has 0 fully saturated rings. The Morgan fingerprint density at radius 1 is 1.40 bits per heavy atom. The lowest BCUT2D eigenvalue weighted by atomic mass is 10.1. The molecule has 0 aliphatic heterocycles. The van der Waals surface area contributed by atoms with Crippen LogP contribution in [0.4, 0.5) is 11.4 Å². The fraction of sp³-hybridized carbons (Fsp3) is 0.333. The lowest BCUT2D eigenvalue weighted by Gasteiger charge is -2.21.